The summed E-state index contributed by atoms with van der Waals surface area (Å²) in [6.45, 7) is -0.812. The third kappa shape index (κ3) is 3.99. The van der Waals surface area contributed by atoms with Crippen LogP contribution in [0.25, 0.3) is 11.1 Å². The Balaban J connectivity index is 1.67. The number of amides is 1. The molecule has 1 atom stereocenters. The highest BCUT2D eigenvalue weighted by Gasteiger charge is 2.33. The molecule has 1 aliphatic rings. The molecule has 138 valence electrons. The quantitative estimate of drug-likeness (QED) is 0.847. The van der Waals surface area contributed by atoms with E-state index in [0.29, 0.717) is 0 Å². The van der Waals surface area contributed by atoms with Crippen molar-refractivity contribution in [3.8, 4) is 11.1 Å². The first-order valence-electron chi connectivity index (χ1n) is 8.18. The van der Waals surface area contributed by atoms with Crippen LogP contribution in [0.4, 0.5) is 18.0 Å². The van der Waals surface area contributed by atoms with E-state index in [-0.39, 0.29) is 12.5 Å². The predicted molar refractivity (Wildman–Crippen MR) is 89.8 cm³/mol. The van der Waals surface area contributed by atoms with Gasteiger partial charge in [0.2, 0.25) is 0 Å². The fraction of sp³-hybridized carbons (Fsp3) is 0.316. The van der Waals surface area contributed by atoms with Gasteiger partial charge in [0.25, 0.3) is 0 Å². The molecule has 1 unspecified atom stereocenters. The standard InChI is InChI=1S/C19H18F3NO3/c20-19(21,22)9-12(10-24)23-18(25)26-11-17-15-7-3-1-5-13(15)14-6-2-4-8-16(14)17/h1-8,12,17,24H,9-11H2,(H,23,25). The Bertz CT molecular complexity index is 746. The summed E-state index contributed by atoms with van der Waals surface area (Å²) in [5.41, 5.74) is 4.14. The van der Waals surface area contributed by atoms with Crippen molar-refractivity contribution in [1.82, 2.24) is 5.32 Å². The van der Waals surface area contributed by atoms with Crippen LogP contribution in [-0.4, -0.2) is 36.6 Å². The molecule has 4 nitrogen and oxygen atoms in total. The maximum atomic E-state index is 12.4. The topological polar surface area (TPSA) is 58.6 Å². The van der Waals surface area contributed by atoms with Crippen molar-refractivity contribution in [3.63, 3.8) is 0 Å². The molecule has 0 fully saturated rings. The number of aliphatic hydroxyl groups is 1. The molecule has 3 rings (SSSR count). The van der Waals surface area contributed by atoms with Crippen molar-refractivity contribution in [1.29, 1.82) is 0 Å². The van der Waals surface area contributed by atoms with E-state index in [9.17, 15) is 18.0 Å². The summed E-state index contributed by atoms with van der Waals surface area (Å²) in [6.07, 6.45) is -6.77. The number of alkyl carbamates (subject to hydrolysis) is 1. The Hall–Kier alpha value is -2.54. The summed E-state index contributed by atoms with van der Waals surface area (Å²) in [6, 6.07) is 14.1. The van der Waals surface area contributed by atoms with Gasteiger partial charge in [0.15, 0.2) is 0 Å². The first-order valence-corrected chi connectivity index (χ1v) is 8.18. The second-order valence-corrected chi connectivity index (χ2v) is 6.17. The van der Waals surface area contributed by atoms with Crippen molar-refractivity contribution in [3.05, 3.63) is 59.7 Å². The number of alkyl halides is 3. The fourth-order valence-corrected chi connectivity index (χ4v) is 3.25. The maximum absolute atomic E-state index is 12.4. The summed E-state index contributed by atoms with van der Waals surface area (Å²) in [4.78, 5) is 11.9. The molecule has 0 heterocycles. The molecule has 2 aromatic rings. The molecule has 0 aromatic heterocycles. The summed E-state index contributed by atoms with van der Waals surface area (Å²) in [5, 5.41) is 11.1. The van der Waals surface area contributed by atoms with E-state index in [1.165, 1.54) is 0 Å². The Morgan fingerprint density at radius 2 is 1.62 bits per heavy atom. The molecule has 7 heteroatoms. The van der Waals surface area contributed by atoms with E-state index in [4.69, 9.17) is 9.84 Å². The second-order valence-electron chi connectivity index (χ2n) is 6.17. The van der Waals surface area contributed by atoms with Gasteiger partial charge in [-0.1, -0.05) is 48.5 Å². The van der Waals surface area contributed by atoms with Crippen LogP contribution in [0.15, 0.2) is 48.5 Å². The van der Waals surface area contributed by atoms with Crippen molar-refractivity contribution < 1.29 is 27.8 Å². The van der Waals surface area contributed by atoms with Crippen molar-refractivity contribution in [2.75, 3.05) is 13.2 Å². The second kappa shape index (κ2) is 7.37. The zero-order chi connectivity index (χ0) is 18.7. The Morgan fingerprint density at radius 3 is 2.12 bits per heavy atom. The molecular weight excluding hydrogens is 347 g/mol. The molecular formula is C19H18F3NO3. The van der Waals surface area contributed by atoms with Gasteiger partial charge in [0.05, 0.1) is 19.1 Å². The van der Waals surface area contributed by atoms with Crippen molar-refractivity contribution >= 4 is 6.09 Å². The van der Waals surface area contributed by atoms with Crippen LogP contribution in [0.3, 0.4) is 0 Å². The number of hydrogen-bond donors (Lipinski definition) is 2. The summed E-state index contributed by atoms with van der Waals surface area (Å²) in [7, 11) is 0. The number of rotatable bonds is 5. The van der Waals surface area contributed by atoms with Gasteiger partial charge in [-0.05, 0) is 22.3 Å². The minimum absolute atomic E-state index is 0.00399. The van der Waals surface area contributed by atoms with Gasteiger partial charge in [-0.15, -0.1) is 0 Å². The first kappa shape index (κ1) is 18.3. The van der Waals surface area contributed by atoms with Crippen LogP contribution >= 0.6 is 0 Å². The molecule has 0 spiro atoms. The number of halogens is 3. The number of aliphatic hydroxyl groups excluding tert-OH is 1. The van der Waals surface area contributed by atoms with E-state index in [1.807, 2.05) is 48.5 Å². The molecule has 2 aromatic carbocycles. The lowest BCUT2D eigenvalue weighted by Gasteiger charge is -2.19. The Morgan fingerprint density at radius 1 is 1.08 bits per heavy atom. The summed E-state index contributed by atoms with van der Waals surface area (Å²) >= 11 is 0. The first-order chi connectivity index (χ1) is 12.4. The summed E-state index contributed by atoms with van der Waals surface area (Å²) in [5.74, 6) is -0.177. The Labute approximate surface area is 148 Å². The molecule has 1 aliphatic carbocycles. The van der Waals surface area contributed by atoms with Gasteiger partial charge in [-0.2, -0.15) is 13.2 Å². The number of hydrogen-bond acceptors (Lipinski definition) is 3. The predicted octanol–water partition coefficient (Wildman–Crippen LogP) is 3.84. The number of ether oxygens (including phenoxy) is 1. The smallest absolute Gasteiger partial charge is 0.407 e. The molecule has 0 saturated carbocycles. The molecule has 0 saturated heterocycles. The third-order valence-electron chi connectivity index (χ3n) is 4.36. The average Bonchev–Trinajstić information content (AvgIpc) is 2.92. The maximum Gasteiger partial charge on any atom is 0.407 e. The van der Waals surface area contributed by atoms with Crippen LogP contribution < -0.4 is 5.32 Å². The molecule has 0 radical (unpaired) electrons. The van der Waals surface area contributed by atoms with Crippen LogP contribution in [-0.2, 0) is 4.74 Å². The summed E-state index contributed by atoms with van der Waals surface area (Å²) < 4.78 is 42.4. The number of benzene rings is 2. The number of nitrogens with one attached hydrogen (secondary N) is 1. The van der Waals surface area contributed by atoms with Gasteiger partial charge in [-0.25, -0.2) is 4.79 Å². The van der Waals surface area contributed by atoms with E-state index >= 15 is 0 Å². The molecule has 26 heavy (non-hydrogen) atoms. The number of fused-ring (bicyclic) bond motifs is 3. The SMILES string of the molecule is O=C(NC(CO)CC(F)(F)F)OCC1c2ccccc2-c2ccccc21. The molecule has 0 bridgehead atoms. The van der Waals surface area contributed by atoms with Crippen LogP contribution in [0.5, 0.6) is 0 Å². The minimum atomic E-state index is -4.48. The monoisotopic (exact) mass is 365 g/mol. The minimum Gasteiger partial charge on any atom is -0.449 e. The Kier molecular flexibility index (Phi) is 5.18. The van der Waals surface area contributed by atoms with E-state index in [1.54, 1.807) is 0 Å². The average molecular weight is 365 g/mol. The zero-order valence-corrected chi connectivity index (χ0v) is 13.8. The van der Waals surface area contributed by atoms with Crippen molar-refractivity contribution in [2.45, 2.75) is 24.6 Å². The number of carbonyl (C=O) groups excluding carboxylic acids is 1. The van der Waals surface area contributed by atoms with Crippen molar-refractivity contribution in [2.24, 2.45) is 0 Å². The van der Waals surface area contributed by atoms with Gasteiger partial charge in [-0.3, -0.25) is 0 Å². The molecule has 0 aliphatic heterocycles. The highest BCUT2D eigenvalue weighted by Crippen LogP contribution is 2.44. The van der Waals surface area contributed by atoms with E-state index < -0.39 is 31.3 Å². The third-order valence-corrected chi connectivity index (χ3v) is 4.36. The fourth-order valence-electron chi connectivity index (χ4n) is 3.25. The van der Waals surface area contributed by atoms with Crippen LogP contribution in [0.2, 0.25) is 0 Å². The van der Waals surface area contributed by atoms with Gasteiger partial charge >= 0.3 is 12.3 Å². The lowest BCUT2D eigenvalue weighted by atomic mass is 9.98. The zero-order valence-electron chi connectivity index (χ0n) is 13.8. The highest BCUT2D eigenvalue weighted by molar-refractivity contribution is 5.79. The van der Waals surface area contributed by atoms with Crippen LogP contribution in [0, 0.1) is 0 Å². The number of carbonyl (C=O) groups is 1. The normalized spacial score (nSPS) is 14.5. The molecule has 1 amide bonds. The largest absolute Gasteiger partial charge is 0.449 e. The van der Waals surface area contributed by atoms with Gasteiger partial charge in [0, 0.05) is 5.92 Å². The van der Waals surface area contributed by atoms with Gasteiger partial charge < -0.3 is 15.2 Å². The van der Waals surface area contributed by atoms with Gasteiger partial charge in [0.1, 0.15) is 6.61 Å². The lowest BCUT2D eigenvalue weighted by molar-refractivity contribution is -0.141. The lowest BCUT2D eigenvalue weighted by Crippen LogP contribution is -2.41. The van der Waals surface area contributed by atoms with E-state index in [2.05, 4.69) is 5.32 Å². The van der Waals surface area contributed by atoms with Crippen LogP contribution in [0.1, 0.15) is 23.5 Å². The highest BCUT2D eigenvalue weighted by atomic mass is 19.4. The molecule has 2 N–H and O–H groups in total. The van der Waals surface area contributed by atoms with E-state index in [0.717, 1.165) is 22.3 Å².